The number of benzene rings is 1. The third-order valence-corrected chi connectivity index (χ3v) is 4.46. The van der Waals surface area contributed by atoms with Crippen LogP contribution in [0.4, 0.5) is 5.82 Å². The maximum Gasteiger partial charge on any atom is 0.272 e. The van der Waals surface area contributed by atoms with Gasteiger partial charge in [0.25, 0.3) is 5.91 Å². The molecule has 126 valence electrons. The lowest BCUT2D eigenvalue weighted by molar-refractivity contribution is 0.0934. The number of carbonyl (C=O) groups is 1. The Hall–Kier alpha value is -2.43. The van der Waals surface area contributed by atoms with Crippen LogP contribution < -0.4 is 10.2 Å². The molecule has 1 aliphatic heterocycles. The molecule has 24 heavy (non-hydrogen) atoms. The Morgan fingerprint density at radius 2 is 1.71 bits per heavy atom. The van der Waals surface area contributed by atoms with Gasteiger partial charge in [-0.25, -0.2) is 0 Å². The van der Waals surface area contributed by atoms with Gasteiger partial charge >= 0.3 is 0 Å². The maximum atomic E-state index is 12.3. The minimum absolute atomic E-state index is 0.0641. The van der Waals surface area contributed by atoms with Crippen molar-refractivity contribution in [1.82, 2.24) is 15.5 Å². The molecule has 1 unspecified atom stereocenters. The Morgan fingerprint density at radius 3 is 2.33 bits per heavy atom. The third kappa shape index (κ3) is 4.10. The van der Waals surface area contributed by atoms with E-state index in [9.17, 15) is 4.79 Å². The van der Waals surface area contributed by atoms with Crippen molar-refractivity contribution < 1.29 is 4.79 Å². The minimum atomic E-state index is -0.193. The van der Waals surface area contributed by atoms with Gasteiger partial charge in [-0.1, -0.05) is 43.2 Å². The number of hydrogen-bond donors (Lipinski definition) is 1. The zero-order chi connectivity index (χ0) is 16.8. The largest absolute Gasteiger partial charge is 0.355 e. The van der Waals surface area contributed by atoms with Crippen molar-refractivity contribution in [1.29, 1.82) is 0 Å². The monoisotopic (exact) mass is 324 g/mol. The third-order valence-electron chi connectivity index (χ3n) is 4.46. The van der Waals surface area contributed by atoms with E-state index in [4.69, 9.17) is 0 Å². The van der Waals surface area contributed by atoms with Crippen LogP contribution in [-0.4, -0.2) is 29.2 Å². The van der Waals surface area contributed by atoms with Gasteiger partial charge in [0.1, 0.15) is 0 Å². The van der Waals surface area contributed by atoms with E-state index in [2.05, 4.69) is 20.4 Å². The molecule has 2 heterocycles. The molecule has 0 saturated carbocycles. The second kappa shape index (κ2) is 7.90. The average Bonchev–Trinajstić information content (AvgIpc) is 2.92. The average molecular weight is 324 g/mol. The Bertz CT molecular complexity index is 649. The van der Waals surface area contributed by atoms with Crippen molar-refractivity contribution in [3.8, 4) is 0 Å². The smallest absolute Gasteiger partial charge is 0.272 e. The first-order chi connectivity index (χ1) is 11.7. The fourth-order valence-corrected chi connectivity index (χ4v) is 3.01. The zero-order valence-corrected chi connectivity index (χ0v) is 14.1. The summed E-state index contributed by atoms with van der Waals surface area (Å²) >= 11 is 0. The molecule has 1 aliphatic rings. The second-order valence-corrected chi connectivity index (χ2v) is 6.28. The summed E-state index contributed by atoms with van der Waals surface area (Å²) in [4.78, 5) is 14.6. The summed E-state index contributed by atoms with van der Waals surface area (Å²) < 4.78 is 0. The topological polar surface area (TPSA) is 58.1 Å². The van der Waals surface area contributed by atoms with Crippen LogP contribution in [0.15, 0.2) is 42.5 Å². The fourth-order valence-electron chi connectivity index (χ4n) is 3.01. The van der Waals surface area contributed by atoms with Crippen LogP contribution in [0.3, 0.4) is 0 Å². The quantitative estimate of drug-likeness (QED) is 0.937. The molecule has 0 radical (unpaired) electrons. The summed E-state index contributed by atoms with van der Waals surface area (Å²) in [5.74, 6) is 0.672. The molecular formula is C19H24N4O. The molecule has 1 aromatic carbocycles. The van der Waals surface area contributed by atoms with E-state index in [1.807, 2.05) is 43.3 Å². The van der Waals surface area contributed by atoms with E-state index >= 15 is 0 Å². The van der Waals surface area contributed by atoms with E-state index in [1.165, 1.54) is 25.7 Å². The first-order valence-corrected chi connectivity index (χ1v) is 8.68. The molecule has 1 atom stereocenters. The predicted molar refractivity (Wildman–Crippen MR) is 95.0 cm³/mol. The van der Waals surface area contributed by atoms with Gasteiger partial charge in [0, 0.05) is 13.1 Å². The van der Waals surface area contributed by atoms with Gasteiger partial charge in [-0.3, -0.25) is 4.79 Å². The standard InChI is InChI=1S/C19H24N4O/c1-15(16-9-5-4-6-10-16)20-19(24)17-11-12-18(22-21-17)23-13-7-2-3-8-14-23/h4-6,9-12,15H,2-3,7-8,13-14H2,1H3,(H,20,24). The first-order valence-electron chi connectivity index (χ1n) is 8.68. The van der Waals surface area contributed by atoms with Crippen LogP contribution in [-0.2, 0) is 0 Å². The van der Waals surface area contributed by atoms with Gasteiger partial charge in [0.05, 0.1) is 6.04 Å². The number of rotatable bonds is 4. The van der Waals surface area contributed by atoms with E-state index in [1.54, 1.807) is 6.07 Å². The zero-order valence-electron chi connectivity index (χ0n) is 14.1. The van der Waals surface area contributed by atoms with E-state index in [0.717, 1.165) is 24.5 Å². The van der Waals surface area contributed by atoms with Gasteiger partial charge in [0.2, 0.25) is 0 Å². The molecule has 5 heteroatoms. The number of nitrogens with zero attached hydrogens (tertiary/aromatic N) is 3. The van der Waals surface area contributed by atoms with Gasteiger partial charge < -0.3 is 10.2 Å². The van der Waals surface area contributed by atoms with Gasteiger partial charge in [0.15, 0.2) is 11.5 Å². The summed E-state index contributed by atoms with van der Waals surface area (Å²) in [5, 5.41) is 11.4. The molecule has 3 rings (SSSR count). The minimum Gasteiger partial charge on any atom is -0.355 e. The van der Waals surface area contributed by atoms with Crippen molar-refractivity contribution in [3.05, 3.63) is 53.7 Å². The van der Waals surface area contributed by atoms with Crippen molar-refractivity contribution >= 4 is 11.7 Å². The molecule has 5 nitrogen and oxygen atoms in total. The van der Waals surface area contributed by atoms with E-state index < -0.39 is 0 Å². The normalized spacial score (nSPS) is 16.3. The summed E-state index contributed by atoms with van der Waals surface area (Å²) in [6, 6.07) is 13.5. The fraction of sp³-hybridized carbons (Fsp3) is 0.421. The number of amides is 1. The molecule has 1 N–H and O–H groups in total. The number of carbonyl (C=O) groups excluding carboxylic acids is 1. The first kappa shape index (κ1) is 16.4. The highest BCUT2D eigenvalue weighted by Crippen LogP contribution is 2.17. The highest BCUT2D eigenvalue weighted by molar-refractivity contribution is 5.92. The second-order valence-electron chi connectivity index (χ2n) is 6.28. The summed E-state index contributed by atoms with van der Waals surface area (Å²) in [6.07, 6.45) is 4.95. The summed E-state index contributed by atoms with van der Waals surface area (Å²) in [7, 11) is 0. The van der Waals surface area contributed by atoms with Crippen molar-refractivity contribution in [2.45, 2.75) is 38.6 Å². The van der Waals surface area contributed by atoms with Crippen molar-refractivity contribution in [2.24, 2.45) is 0 Å². The lowest BCUT2D eigenvalue weighted by Crippen LogP contribution is -2.29. The molecule has 0 spiro atoms. The Morgan fingerprint density at radius 1 is 1.00 bits per heavy atom. The molecule has 1 aromatic heterocycles. The number of hydrogen-bond acceptors (Lipinski definition) is 4. The number of nitrogens with one attached hydrogen (secondary N) is 1. The Labute approximate surface area is 143 Å². The number of anilines is 1. The lowest BCUT2D eigenvalue weighted by Gasteiger charge is -2.20. The van der Waals surface area contributed by atoms with Gasteiger partial charge in [-0.05, 0) is 37.5 Å². The summed E-state index contributed by atoms with van der Waals surface area (Å²) in [5.41, 5.74) is 1.43. The SMILES string of the molecule is CC(NC(=O)c1ccc(N2CCCCCC2)nn1)c1ccccc1. The van der Waals surface area contributed by atoms with Crippen molar-refractivity contribution in [2.75, 3.05) is 18.0 Å². The van der Waals surface area contributed by atoms with Gasteiger partial charge in [-0.2, -0.15) is 0 Å². The molecular weight excluding hydrogens is 300 g/mol. The Kier molecular flexibility index (Phi) is 5.41. The van der Waals surface area contributed by atoms with Crippen LogP contribution in [0.25, 0.3) is 0 Å². The van der Waals surface area contributed by atoms with Crippen LogP contribution in [0, 0.1) is 0 Å². The molecule has 1 saturated heterocycles. The maximum absolute atomic E-state index is 12.3. The molecule has 1 fully saturated rings. The van der Waals surface area contributed by atoms with Crippen molar-refractivity contribution in [3.63, 3.8) is 0 Å². The van der Waals surface area contributed by atoms with E-state index in [-0.39, 0.29) is 11.9 Å². The highest BCUT2D eigenvalue weighted by atomic mass is 16.2. The number of aromatic nitrogens is 2. The summed E-state index contributed by atoms with van der Waals surface area (Å²) in [6.45, 7) is 4.00. The van der Waals surface area contributed by atoms with Crippen LogP contribution in [0.2, 0.25) is 0 Å². The lowest BCUT2D eigenvalue weighted by atomic mass is 10.1. The predicted octanol–water partition coefficient (Wildman–Crippen LogP) is 3.35. The Balaban J connectivity index is 1.63. The molecule has 0 aliphatic carbocycles. The van der Waals surface area contributed by atoms with Crippen LogP contribution >= 0.6 is 0 Å². The highest BCUT2D eigenvalue weighted by Gasteiger charge is 2.15. The van der Waals surface area contributed by atoms with Crippen LogP contribution in [0.5, 0.6) is 0 Å². The van der Waals surface area contributed by atoms with Crippen LogP contribution in [0.1, 0.15) is 54.7 Å². The van der Waals surface area contributed by atoms with E-state index in [0.29, 0.717) is 5.69 Å². The molecule has 1 amide bonds. The van der Waals surface area contributed by atoms with Gasteiger partial charge in [-0.15, -0.1) is 10.2 Å². The molecule has 2 aromatic rings. The molecule has 0 bridgehead atoms.